The quantitative estimate of drug-likeness (QED) is 0.708. The number of halogens is 1. The van der Waals surface area contributed by atoms with E-state index in [1.165, 1.54) is 16.8 Å². The number of rotatable bonds is 2. The highest BCUT2D eigenvalue weighted by Crippen LogP contribution is 2.24. The number of aromatic nitrogens is 3. The number of nitrogens with zero attached hydrogens (tertiary/aromatic N) is 5. The molecule has 0 saturated carbocycles. The van der Waals surface area contributed by atoms with E-state index in [9.17, 15) is 9.18 Å². The molecular weight excluding hydrogens is 313 g/mol. The maximum atomic E-state index is 13.2. The number of aryl methyl sites for hydroxylation is 1. The summed E-state index contributed by atoms with van der Waals surface area (Å²) in [5, 5.41) is 4.05. The summed E-state index contributed by atoms with van der Waals surface area (Å²) >= 11 is 0. The molecule has 0 atom stereocenters. The normalized spacial score (nSPS) is 15.2. The summed E-state index contributed by atoms with van der Waals surface area (Å²) in [6, 6.07) is 6.41. The van der Waals surface area contributed by atoms with Gasteiger partial charge in [-0.05, 0) is 12.1 Å². The highest BCUT2D eigenvalue weighted by atomic mass is 19.1. The second-order valence-corrected chi connectivity index (χ2v) is 5.76. The summed E-state index contributed by atoms with van der Waals surface area (Å²) in [4.78, 5) is 20.2. The predicted molar refractivity (Wildman–Crippen MR) is 87.9 cm³/mol. The van der Waals surface area contributed by atoms with Gasteiger partial charge in [0.2, 0.25) is 0 Å². The second kappa shape index (κ2) is 5.63. The Morgan fingerprint density at radius 3 is 2.62 bits per heavy atom. The van der Waals surface area contributed by atoms with Crippen molar-refractivity contribution in [2.45, 2.75) is 0 Å². The van der Waals surface area contributed by atoms with E-state index in [-0.39, 0.29) is 11.4 Å². The first kappa shape index (κ1) is 14.7. The fourth-order valence-corrected chi connectivity index (χ4v) is 2.81. The smallest absolute Gasteiger partial charge is 0.298 e. The molecule has 0 bridgehead atoms. The van der Waals surface area contributed by atoms with Gasteiger partial charge in [-0.2, -0.15) is 10.1 Å². The van der Waals surface area contributed by atoms with E-state index in [1.54, 1.807) is 25.4 Å². The van der Waals surface area contributed by atoms with Gasteiger partial charge in [0.15, 0.2) is 5.58 Å². The largest absolute Gasteiger partial charge is 0.423 e. The lowest BCUT2D eigenvalue weighted by Crippen LogP contribution is -2.47. The minimum atomic E-state index is -0.340. The van der Waals surface area contributed by atoms with E-state index in [1.807, 2.05) is 4.90 Å². The van der Waals surface area contributed by atoms with Crippen LogP contribution in [0.3, 0.4) is 0 Å². The van der Waals surface area contributed by atoms with Crippen LogP contribution in [0.5, 0.6) is 0 Å². The van der Waals surface area contributed by atoms with Crippen molar-refractivity contribution >= 4 is 22.8 Å². The van der Waals surface area contributed by atoms with Crippen LogP contribution in [0.1, 0.15) is 0 Å². The zero-order chi connectivity index (χ0) is 16.7. The first-order valence-electron chi connectivity index (χ1n) is 7.69. The Labute approximate surface area is 136 Å². The van der Waals surface area contributed by atoms with Crippen molar-refractivity contribution in [1.82, 2.24) is 14.8 Å². The van der Waals surface area contributed by atoms with Crippen molar-refractivity contribution in [2.75, 3.05) is 36.0 Å². The molecule has 4 rings (SSSR count). The van der Waals surface area contributed by atoms with Crippen molar-refractivity contribution in [1.29, 1.82) is 0 Å². The van der Waals surface area contributed by atoms with Gasteiger partial charge in [0.1, 0.15) is 11.3 Å². The monoisotopic (exact) mass is 329 g/mol. The van der Waals surface area contributed by atoms with Crippen molar-refractivity contribution in [3.63, 3.8) is 0 Å². The average molecular weight is 329 g/mol. The fourth-order valence-electron chi connectivity index (χ4n) is 2.81. The van der Waals surface area contributed by atoms with Crippen LogP contribution < -0.4 is 15.4 Å². The molecule has 0 radical (unpaired) electrons. The summed E-state index contributed by atoms with van der Waals surface area (Å²) in [5.74, 6) is -0.340. The number of hydrogen-bond donors (Lipinski definition) is 0. The SMILES string of the molecule is Cn1ncc(N2CCN(c3nc4ccc(F)cc4o3)CC2)cc1=O. The van der Waals surface area contributed by atoms with Crippen LogP contribution in [0, 0.1) is 5.82 Å². The van der Waals surface area contributed by atoms with Crippen molar-refractivity contribution in [3.8, 4) is 0 Å². The van der Waals surface area contributed by atoms with Gasteiger partial charge in [-0.15, -0.1) is 0 Å². The van der Waals surface area contributed by atoms with Gasteiger partial charge in [0.25, 0.3) is 11.6 Å². The van der Waals surface area contributed by atoms with Crippen LogP contribution in [0.25, 0.3) is 11.1 Å². The minimum absolute atomic E-state index is 0.129. The highest BCUT2D eigenvalue weighted by Gasteiger charge is 2.22. The van der Waals surface area contributed by atoms with Gasteiger partial charge < -0.3 is 14.2 Å². The van der Waals surface area contributed by atoms with Crippen LogP contribution in [0.15, 0.2) is 39.7 Å². The molecule has 0 N–H and O–H groups in total. The molecule has 24 heavy (non-hydrogen) atoms. The molecule has 1 fully saturated rings. The molecular formula is C16H16FN5O2. The third-order valence-electron chi connectivity index (χ3n) is 4.21. The average Bonchev–Trinajstić information content (AvgIpc) is 3.00. The van der Waals surface area contributed by atoms with Gasteiger partial charge in [-0.25, -0.2) is 9.07 Å². The summed E-state index contributed by atoms with van der Waals surface area (Å²) in [6.45, 7) is 2.85. The number of oxazole rings is 1. The maximum Gasteiger partial charge on any atom is 0.298 e. The number of piperazine rings is 1. The Morgan fingerprint density at radius 2 is 1.88 bits per heavy atom. The predicted octanol–water partition coefficient (Wildman–Crippen LogP) is 1.39. The van der Waals surface area contributed by atoms with Gasteiger partial charge in [0.05, 0.1) is 11.9 Å². The lowest BCUT2D eigenvalue weighted by atomic mass is 10.3. The van der Waals surface area contributed by atoms with Gasteiger partial charge in [0, 0.05) is 45.4 Å². The van der Waals surface area contributed by atoms with Gasteiger partial charge in [-0.1, -0.05) is 0 Å². The molecule has 8 heteroatoms. The lowest BCUT2D eigenvalue weighted by molar-refractivity contribution is 0.538. The molecule has 0 amide bonds. The van der Waals surface area contributed by atoms with Gasteiger partial charge in [-0.3, -0.25) is 4.79 Å². The van der Waals surface area contributed by atoms with Crippen molar-refractivity contribution in [2.24, 2.45) is 7.05 Å². The fraction of sp³-hybridized carbons (Fsp3) is 0.312. The van der Waals surface area contributed by atoms with Crippen LogP contribution >= 0.6 is 0 Å². The molecule has 3 aromatic rings. The van der Waals surface area contributed by atoms with Crippen molar-refractivity contribution in [3.05, 3.63) is 46.6 Å². The molecule has 0 aliphatic carbocycles. The first-order chi connectivity index (χ1) is 11.6. The Hall–Kier alpha value is -2.90. The summed E-state index contributed by atoms with van der Waals surface area (Å²) in [7, 11) is 1.63. The molecule has 0 unspecified atom stereocenters. The number of fused-ring (bicyclic) bond motifs is 1. The van der Waals surface area contributed by atoms with E-state index >= 15 is 0 Å². The zero-order valence-electron chi connectivity index (χ0n) is 13.1. The van der Waals surface area contributed by atoms with Crippen LogP contribution in [-0.2, 0) is 7.05 Å². The number of benzene rings is 1. The molecule has 1 saturated heterocycles. The second-order valence-electron chi connectivity index (χ2n) is 5.76. The molecule has 3 heterocycles. The molecule has 0 spiro atoms. The van der Waals surface area contributed by atoms with Crippen LogP contribution in [0.4, 0.5) is 16.1 Å². The standard InChI is InChI=1S/C16H16FN5O2/c1-20-15(23)9-12(10-18-20)21-4-6-22(7-5-21)16-19-13-3-2-11(17)8-14(13)24-16/h2-3,8-10H,4-7H2,1H3. The van der Waals surface area contributed by atoms with Crippen LogP contribution in [-0.4, -0.2) is 40.9 Å². The topological polar surface area (TPSA) is 67.4 Å². The lowest BCUT2D eigenvalue weighted by Gasteiger charge is -2.34. The molecule has 1 aliphatic heterocycles. The van der Waals surface area contributed by atoms with E-state index in [4.69, 9.17) is 4.42 Å². The number of anilines is 2. The summed E-state index contributed by atoms with van der Waals surface area (Å²) in [6.07, 6.45) is 1.69. The summed E-state index contributed by atoms with van der Waals surface area (Å²) in [5.41, 5.74) is 1.78. The molecule has 1 aromatic carbocycles. The Morgan fingerprint density at radius 1 is 1.12 bits per heavy atom. The van der Waals surface area contributed by atoms with E-state index in [0.717, 1.165) is 18.8 Å². The first-order valence-corrected chi connectivity index (χ1v) is 7.69. The third kappa shape index (κ3) is 2.60. The van der Waals surface area contributed by atoms with E-state index in [0.29, 0.717) is 30.2 Å². The molecule has 124 valence electrons. The van der Waals surface area contributed by atoms with Gasteiger partial charge >= 0.3 is 0 Å². The Balaban J connectivity index is 1.50. The minimum Gasteiger partial charge on any atom is -0.423 e. The maximum absolute atomic E-state index is 13.2. The molecule has 1 aliphatic rings. The third-order valence-corrected chi connectivity index (χ3v) is 4.21. The van der Waals surface area contributed by atoms with Crippen LogP contribution in [0.2, 0.25) is 0 Å². The number of hydrogen-bond acceptors (Lipinski definition) is 6. The van der Waals surface area contributed by atoms with Crippen molar-refractivity contribution < 1.29 is 8.81 Å². The molecule has 7 nitrogen and oxygen atoms in total. The summed E-state index contributed by atoms with van der Waals surface area (Å²) < 4.78 is 20.2. The zero-order valence-corrected chi connectivity index (χ0v) is 13.1. The highest BCUT2D eigenvalue weighted by molar-refractivity contribution is 5.74. The Kier molecular flexibility index (Phi) is 3.44. The van der Waals surface area contributed by atoms with E-state index < -0.39 is 0 Å². The Bertz CT molecular complexity index is 943. The van der Waals surface area contributed by atoms with E-state index in [2.05, 4.69) is 15.0 Å². The molecule has 2 aromatic heterocycles.